The van der Waals surface area contributed by atoms with E-state index in [-0.39, 0.29) is 0 Å². The van der Waals surface area contributed by atoms with Crippen LogP contribution in [0.25, 0.3) is 0 Å². The van der Waals surface area contributed by atoms with Crippen LogP contribution in [-0.2, 0) is 10.0 Å². The van der Waals surface area contributed by atoms with Gasteiger partial charge in [0.25, 0.3) is 15.0 Å². The summed E-state index contributed by atoms with van der Waals surface area (Å²) >= 11 is 1.27. The number of primary sulfonamides is 1. The Kier molecular flexibility index (Phi) is 4.20. The van der Waals surface area contributed by atoms with Crippen LogP contribution in [0.5, 0.6) is 5.88 Å². The maximum absolute atomic E-state index is 12.0. The van der Waals surface area contributed by atoms with Crippen molar-refractivity contribution in [2.75, 3.05) is 0 Å². The highest BCUT2D eigenvalue weighted by Crippen LogP contribution is 2.32. The maximum atomic E-state index is 12.0. The lowest BCUT2D eigenvalue weighted by Gasteiger charge is -2.09. The van der Waals surface area contributed by atoms with Gasteiger partial charge in [0.2, 0.25) is 5.88 Å². The average Bonchev–Trinajstić information content (AvgIpc) is 2.11. The zero-order valence-corrected chi connectivity index (χ0v) is 11.5. The van der Waals surface area contributed by atoms with Crippen LogP contribution in [0, 0.1) is 13.7 Å². The van der Waals surface area contributed by atoms with E-state index in [1.807, 2.05) is 0 Å². The van der Waals surface area contributed by atoms with Crippen LogP contribution in [0.15, 0.2) is 11.1 Å². The third-order valence-corrected chi connectivity index (χ3v) is 3.21. The third kappa shape index (κ3) is 4.13. The van der Waals surface area contributed by atoms with Gasteiger partial charge in [-0.2, -0.15) is 4.98 Å². The van der Waals surface area contributed by atoms with Crippen molar-refractivity contribution in [1.82, 2.24) is 4.98 Å². The molecule has 1 heterocycles. The second-order valence-electron chi connectivity index (χ2n) is 2.95. The van der Waals surface area contributed by atoms with Crippen molar-refractivity contribution in [3.8, 4) is 5.88 Å². The van der Waals surface area contributed by atoms with E-state index in [4.69, 9.17) is 0 Å². The summed E-state index contributed by atoms with van der Waals surface area (Å²) in [5.74, 6) is -1.16. The Balaban J connectivity index is 3.53. The maximum Gasteiger partial charge on any atom is 0.574 e. The number of sulfonamides is 1. The van der Waals surface area contributed by atoms with Gasteiger partial charge in [0.15, 0.2) is 0 Å². The highest BCUT2D eigenvalue weighted by atomic mass is 127. The molecule has 1 aromatic heterocycles. The molecular weight excluding hydrogens is 410 g/mol. The van der Waals surface area contributed by atoms with Crippen molar-refractivity contribution < 1.29 is 31.2 Å². The number of aromatic nitrogens is 1. The van der Waals surface area contributed by atoms with Gasteiger partial charge >= 0.3 is 12.0 Å². The second kappa shape index (κ2) is 5.04. The number of nitrogens with zero attached hydrogens (tertiary/aromatic N) is 2. The number of ether oxygens (including phenoxy) is 1. The van der Waals surface area contributed by atoms with Crippen molar-refractivity contribution in [2.45, 2.75) is 11.4 Å². The SMILES string of the molecule is NS(=O)(=O)c1nc(OC(F)(F)F)cc(I)c1[N+](=O)[O-]. The fourth-order valence-electron chi connectivity index (χ4n) is 0.999. The number of alkyl halides is 3. The van der Waals surface area contributed by atoms with Crippen LogP contribution in [0.3, 0.4) is 0 Å². The number of hydrogen-bond donors (Lipinski definition) is 1. The predicted molar refractivity (Wildman–Crippen MR) is 61.7 cm³/mol. The molecule has 0 amide bonds. The topological polar surface area (TPSA) is 125 Å². The molecule has 0 radical (unpaired) electrons. The van der Waals surface area contributed by atoms with E-state index in [1.54, 1.807) is 0 Å². The number of halogens is 4. The van der Waals surface area contributed by atoms with Gasteiger partial charge in [-0.15, -0.1) is 13.2 Å². The quantitative estimate of drug-likeness (QED) is 0.450. The molecule has 1 rings (SSSR count). The summed E-state index contributed by atoms with van der Waals surface area (Å²) in [7, 11) is -4.68. The van der Waals surface area contributed by atoms with E-state index in [0.29, 0.717) is 6.07 Å². The molecule has 0 saturated heterocycles. The van der Waals surface area contributed by atoms with Gasteiger partial charge in [-0.1, -0.05) is 0 Å². The molecule has 0 aromatic carbocycles. The summed E-state index contributed by atoms with van der Waals surface area (Å²) in [6.45, 7) is 0. The van der Waals surface area contributed by atoms with Crippen LogP contribution < -0.4 is 9.88 Å². The van der Waals surface area contributed by atoms with Crippen molar-refractivity contribution in [2.24, 2.45) is 5.14 Å². The van der Waals surface area contributed by atoms with Gasteiger partial charge in [0, 0.05) is 6.07 Å². The lowest BCUT2D eigenvalue weighted by atomic mass is 10.4. The van der Waals surface area contributed by atoms with Gasteiger partial charge < -0.3 is 4.74 Å². The first-order valence-electron chi connectivity index (χ1n) is 4.05. The summed E-state index contributed by atoms with van der Waals surface area (Å²) < 4.78 is 61.1. The molecule has 0 aliphatic rings. The Labute approximate surface area is 117 Å². The van der Waals surface area contributed by atoms with E-state index >= 15 is 0 Å². The van der Waals surface area contributed by atoms with Crippen molar-refractivity contribution in [3.63, 3.8) is 0 Å². The summed E-state index contributed by atoms with van der Waals surface area (Å²) in [5, 5.41) is 14.0. The third-order valence-electron chi connectivity index (χ3n) is 1.56. The molecule has 0 aliphatic carbocycles. The second-order valence-corrected chi connectivity index (χ2v) is 5.58. The van der Waals surface area contributed by atoms with Crippen molar-refractivity contribution in [3.05, 3.63) is 19.8 Å². The Morgan fingerprint density at radius 1 is 1.47 bits per heavy atom. The lowest BCUT2D eigenvalue weighted by molar-refractivity contribution is -0.389. The van der Waals surface area contributed by atoms with Crippen LogP contribution >= 0.6 is 22.6 Å². The van der Waals surface area contributed by atoms with E-state index in [0.717, 1.165) is 0 Å². The summed E-state index contributed by atoms with van der Waals surface area (Å²) in [4.78, 5) is 12.5. The predicted octanol–water partition coefficient (Wildman–Crippen LogP) is 1.14. The average molecular weight is 413 g/mol. The summed E-state index contributed by atoms with van der Waals surface area (Å²) in [6.07, 6.45) is -5.12. The fraction of sp³-hybridized carbons (Fsp3) is 0.167. The van der Waals surface area contributed by atoms with Gasteiger partial charge in [-0.25, -0.2) is 13.6 Å². The lowest BCUT2D eigenvalue weighted by Crippen LogP contribution is -2.21. The van der Waals surface area contributed by atoms with Crippen molar-refractivity contribution >= 4 is 38.3 Å². The highest BCUT2D eigenvalue weighted by Gasteiger charge is 2.35. The van der Waals surface area contributed by atoms with E-state index in [2.05, 4.69) is 14.9 Å². The van der Waals surface area contributed by atoms with Crippen LogP contribution in [0.4, 0.5) is 18.9 Å². The Morgan fingerprint density at radius 2 is 2.00 bits per heavy atom. The first-order valence-corrected chi connectivity index (χ1v) is 6.68. The van der Waals surface area contributed by atoms with Gasteiger partial charge in [-0.05, 0) is 22.6 Å². The monoisotopic (exact) mass is 413 g/mol. The Morgan fingerprint density at radius 3 is 2.37 bits per heavy atom. The standard InChI is InChI=1S/C6H3F3IN3O5S/c7-6(8,9)18-3-1-2(10)4(13(14)15)5(12-3)19(11,16)17/h1H,(H2,11,16,17). The van der Waals surface area contributed by atoms with Crippen LogP contribution in [0.1, 0.15) is 0 Å². The number of nitrogens with two attached hydrogens (primary N) is 1. The minimum Gasteiger partial charge on any atom is -0.388 e. The molecule has 13 heteroatoms. The Bertz CT molecular complexity index is 632. The molecule has 0 aliphatic heterocycles. The van der Waals surface area contributed by atoms with Crippen LogP contribution in [-0.4, -0.2) is 24.7 Å². The molecular formula is C6H3F3IN3O5S. The normalized spacial score (nSPS) is 12.3. The summed E-state index contributed by atoms with van der Waals surface area (Å²) in [6, 6.07) is 0.570. The molecule has 0 atom stereocenters. The number of hydrogen-bond acceptors (Lipinski definition) is 6. The molecule has 0 fully saturated rings. The van der Waals surface area contributed by atoms with E-state index < -0.39 is 41.5 Å². The van der Waals surface area contributed by atoms with Gasteiger partial charge in [-0.3, -0.25) is 10.1 Å². The smallest absolute Gasteiger partial charge is 0.388 e. The molecule has 19 heavy (non-hydrogen) atoms. The van der Waals surface area contributed by atoms with Gasteiger partial charge in [0.1, 0.15) is 0 Å². The molecule has 8 nitrogen and oxygen atoms in total. The molecule has 0 saturated carbocycles. The number of nitro groups is 1. The number of rotatable bonds is 3. The highest BCUT2D eigenvalue weighted by molar-refractivity contribution is 14.1. The fourth-order valence-corrected chi connectivity index (χ4v) is 2.57. The largest absolute Gasteiger partial charge is 0.574 e. The minimum absolute atomic E-state index is 0.416. The molecule has 0 unspecified atom stereocenters. The molecule has 0 bridgehead atoms. The molecule has 2 N–H and O–H groups in total. The molecule has 0 spiro atoms. The zero-order chi connectivity index (χ0) is 15.0. The van der Waals surface area contributed by atoms with Crippen LogP contribution in [0.2, 0.25) is 0 Å². The van der Waals surface area contributed by atoms with Crippen molar-refractivity contribution in [1.29, 1.82) is 0 Å². The molecule has 1 aromatic rings. The van der Waals surface area contributed by atoms with E-state index in [1.165, 1.54) is 22.6 Å². The zero-order valence-electron chi connectivity index (χ0n) is 8.51. The first-order chi connectivity index (χ1) is 8.42. The summed E-state index contributed by atoms with van der Waals surface area (Å²) in [5.41, 5.74) is -1.02. The van der Waals surface area contributed by atoms with E-state index in [9.17, 15) is 31.7 Å². The Hall–Kier alpha value is -1.22. The number of pyridine rings is 1. The molecule has 106 valence electrons. The first kappa shape index (κ1) is 15.8. The van der Waals surface area contributed by atoms with Gasteiger partial charge in [0.05, 0.1) is 8.49 Å². The minimum atomic E-state index is -5.12.